The Morgan fingerprint density at radius 2 is 1.52 bits per heavy atom. The molecule has 0 saturated carbocycles. The zero-order valence-corrected chi connectivity index (χ0v) is 22.0. The van der Waals surface area contributed by atoms with E-state index in [1.54, 1.807) is 25.1 Å². The molecule has 0 bridgehead atoms. The molecular weight excluding hydrogens is 459 g/mol. The SMILES string of the molecule is C[C@@H](C(=O)NC(C)(C)C)N(Cc1c(Cl)cccc1Cl)C(=O)COc1ccc(C(C)(C)C)cc1. The van der Waals surface area contributed by atoms with Crippen molar-refractivity contribution in [1.82, 2.24) is 10.2 Å². The van der Waals surface area contributed by atoms with Crippen molar-refractivity contribution < 1.29 is 14.3 Å². The highest BCUT2D eigenvalue weighted by atomic mass is 35.5. The summed E-state index contributed by atoms with van der Waals surface area (Å²) in [5, 5.41) is 3.79. The lowest BCUT2D eigenvalue weighted by atomic mass is 9.87. The van der Waals surface area contributed by atoms with Crippen LogP contribution in [0.2, 0.25) is 10.0 Å². The van der Waals surface area contributed by atoms with Crippen molar-refractivity contribution >= 4 is 35.0 Å². The molecule has 0 fully saturated rings. The molecule has 0 saturated heterocycles. The predicted octanol–water partition coefficient (Wildman–Crippen LogP) is 6.00. The van der Waals surface area contributed by atoms with Gasteiger partial charge in [-0.2, -0.15) is 0 Å². The van der Waals surface area contributed by atoms with Gasteiger partial charge in [0.15, 0.2) is 6.61 Å². The van der Waals surface area contributed by atoms with Crippen LogP contribution in [0, 0.1) is 0 Å². The van der Waals surface area contributed by atoms with Gasteiger partial charge in [-0.15, -0.1) is 0 Å². The number of nitrogens with one attached hydrogen (secondary N) is 1. The fourth-order valence-corrected chi connectivity index (χ4v) is 3.71. The largest absolute Gasteiger partial charge is 0.484 e. The minimum Gasteiger partial charge on any atom is -0.484 e. The van der Waals surface area contributed by atoms with Gasteiger partial charge in [0.25, 0.3) is 5.91 Å². The number of hydrogen-bond donors (Lipinski definition) is 1. The van der Waals surface area contributed by atoms with Crippen LogP contribution < -0.4 is 10.1 Å². The molecule has 33 heavy (non-hydrogen) atoms. The minimum atomic E-state index is -0.754. The topological polar surface area (TPSA) is 58.6 Å². The van der Waals surface area contributed by atoms with Crippen molar-refractivity contribution in [2.45, 2.75) is 72.0 Å². The Bertz CT molecular complexity index is 956. The summed E-state index contributed by atoms with van der Waals surface area (Å²) in [6.07, 6.45) is 0. The van der Waals surface area contributed by atoms with Gasteiger partial charge in [0.2, 0.25) is 5.91 Å². The summed E-state index contributed by atoms with van der Waals surface area (Å²) < 4.78 is 5.76. The van der Waals surface area contributed by atoms with E-state index in [4.69, 9.17) is 27.9 Å². The van der Waals surface area contributed by atoms with Crippen LogP contribution in [-0.4, -0.2) is 34.9 Å². The molecule has 0 spiro atoms. The second-order valence-corrected chi connectivity index (χ2v) is 11.0. The van der Waals surface area contributed by atoms with Crippen molar-refractivity contribution in [2.24, 2.45) is 0 Å². The van der Waals surface area contributed by atoms with E-state index in [0.717, 1.165) is 0 Å². The third-order valence-corrected chi connectivity index (χ3v) is 5.85. The van der Waals surface area contributed by atoms with Crippen molar-refractivity contribution in [3.63, 3.8) is 0 Å². The average Bonchev–Trinajstić information content (AvgIpc) is 2.70. The quantitative estimate of drug-likeness (QED) is 0.515. The number of carbonyl (C=O) groups is 2. The number of amides is 2. The molecular formula is C26H34Cl2N2O3. The zero-order valence-electron chi connectivity index (χ0n) is 20.5. The van der Waals surface area contributed by atoms with E-state index in [2.05, 4.69) is 26.1 Å². The first-order valence-electron chi connectivity index (χ1n) is 11.0. The smallest absolute Gasteiger partial charge is 0.261 e. The highest BCUT2D eigenvalue weighted by Gasteiger charge is 2.29. The number of carbonyl (C=O) groups excluding carboxylic acids is 2. The van der Waals surface area contributed by atoms with E-state index in [0.29, 0.717) is 21.4 Å². The highest BCUT2D eigenvalue weighted by molar-refractivity contribution is 6.36. The highest BCUT2D eigenvalue weighted by Crippen LogP contribution is 2.27. The fourth-order valence-electron chi connectivity index (χ4n) is 3.19. The number of nitrogens with zero attached hydrogens (tertiary/aromatic N) is 1. The summed E-state index contributed by atoms with van der Waals surface area (Å²) in [6.45, 7) is 13.6. The molecule has 1 atom stereocenters. The fraction of sp³-hybridized carbons (Fsp3) is 0.462. The molecule has 2 rings (SSSR count). The van der Waals surface area contributed by atoms with Crippen LogP contribution in [0.15, 0.2) is 42.5 Å². The normalized spacial score (nSPS) is 12.8. The van der Waals surface area contributed by atoms with Gasteiger partial charge in [-0.3, -0.25) is 9.59 Å². The summed E-state index contributed by atoms with van der Waals surface area (Å²) in [5.74, 6) is -0.0325. The monoisotopic (exact) mass is 492 g/mol. The molecule has 0 aromatic heterocycles. The number of hydrogen-bond acceptors (Lipinski definition) is 3. The van der Waals surface area contributed by atoms with E-state index < -0.39 is 11.6 Å². The summed E-state index contributed by atoms with van der Waals surface area (Å²) in [6, 6.07) is 12.1. The minimum absolute atomic E-state index is 0.0230. The zero-order chi connectivity index (χ0) is 25.0. The Labute approximate surface area is 207 Å². The Morgan fingerprint density at radius 1 is 0.970 bits per heavy atom. The maximum atomic E-state index is 13.2. The molecule has 0 radical (unpaired) electrons. The van der Waals surface area contributed by atoms with Gasteiger partial charge in [-0.1, -0.05) is 62.2 Å². The second kappa shape index (κ2) is 10.8. The Morgan fingerprint density at radius 3 is 2.00 bits per heavy atom. The first kappa shape index (κ1) is 27.0. The molecule has 0 aliphatic carbocycles. The van der Waals surface area contributed by atoms with Crippen molar-refractivity contribution in [2.75, 3.05) is 6.61 Å². The van der Waals surface area contributed by atoms with Gasteiger partial charge in [-0.05, 0) is 62.9 Å². The van der Waals surface area contributed by atoms with Gasteiger partial charge < -0.3 is 15.0 Å². The van der Waals surface area contributed by atoms with Gasteiger partial charge in [0, 0.05) is 27.7 Å². The molecule has 0 unspecified atom stereocenters. The number of benzene rings is 2. The third kappa shape index (κ3) is 7.94. The molecule has 2 amide bonds. The maximum absolute atomic E-state index is 13.2. The van der Waals surface area contributed by atoms with Crippen LogP contribution in [0.1, 0.15) is 59.6 Å². The average molecular weight is 493 g/mol. The summed E-state index contributed by atoms with van der Waals surface area (Å²) in [5.41, 5.74) is 1.34. The Balaban J connectivity index is 2.22. The van der Waals surface area contributed by atoms with Crippen LogP contribution >= 0.6 is 23.2 Å². The molecule has 2 aromatic rings. The first-order chi connectivity index (χ1) is 15.2. The molecule has 7 heteroatoms. The Kier molecular flexibility index (Phi) is 8.83. The van der Waals surface area contributed by atoms with Crippen LogP contribution in [0.3, 0.4) is 0 Å². The lowest BCUT2D eigenvalue weighted by Crippen LogP contribution is -2.53. The third-order valence-electron chi connectivity index (χ3n) is 5.14. The van der Waals surface area contributed by atoms with Crippen LogP contribution in [0.25, 0.3) is 0 Å². The molecule has 0 aliphatic heterocycles. The molecule has 0 aliphatic rings. The molecule has 2 aromatic carbocycles. The first-order valence-corrected chi connectivity index (χ1v) is 11.7. The summed E-state index contributed by atoms with van der Waals surface area (Å²) in [7, 11) is 0. The van der Waals surface area contributed by atoms with Gasteiger partial charge in [0.1, 0.15) is 11.8 Å². The lowest BCUT2D eigenvalue weighted by molar-refractivity contribution is -0.142. The molecule has 0 heterocycles. The molecule has 5 nitrogen and oxygen atoms in total. The number of halogens is 2. The van der Waals surface area contributed by atoms with E-state index >= 15 is 0 Å². The summed E-state index contributed by atoms with van der Waals surface area (Å²) >= 11 is 12.7. The second-order valence-electron chi connectivity index (χ2n) is 10.2. The van der Waals surface area contributed by atoms with Crippen molar-refractivity contribution in [3.8, 4) is 5.75 Å². The predicted molar refractivity (Wildman–Crippen MR) is 135 cm³/mol. The van der Waals surface area contributed by atoms with Crippen LogP contribution in [0.5, 0.6) is 5.75 Å². The standard InChI is InChI=1S/C26H34Cl2N2O3/c1-17(24(32)29-26(5,6)7)30(15-20-21(27)9-8-10-22(20)28)23(31)16-33-19-13-11-18(12-14-19)25(2,3)4/h8-14,17H,15-16H2,1-7H3,(H,29,32)/t17-/m0/s1. The van der Waals surface area contributed by atoms with E-state index in [-0.39, 0.29) is 30.4 Å². The van der Waals surface area contributed by atoms with E-state index in [1.807, 2.05) is 45.0 Å². The maximum Gasteiger partial charge on any atom is 0.261 e. The van der Waals surface area contributed by atoms with Gasteiger partial charge in [-0.25, -0.2) is 0 Å². The van der Waals surface area contributed by atoms with Crippen molar-refractivity contribution in [3.05, 3.63) is 63.6 Å². The van der Waals surface area contributed by atoms with Crippen molar-refractivity contribution in [1.29, 1.82) is 0 Å². The van der Waals surface area contributed by atoms with Crippen LogP contribution in [-0.2, 0) is 21.5 Å². The number of rotatable bonds is 7. The van der Waals surface area contributed by atoms with E-state index in [9.17, 15) is 9.59 Å². The van der Waals surface area contributed by atoms with E-state index in [1.165, 1.54) is 10.5 Å². The lowest BCUT2D eigenvalue weighted by Gasteiger charge is -2.31. The van der Waals surface area contributed by atoms with Gasteiger partial charge >= 0.3 is 0 Å². The molecule has 180 valence electrons. The van der Waals surface area contributed by atoms with Gasteiger partial charge in [0.05, 0.1) is 0 Å². The Hall–Kier alpha value is -2.24. The number of ether oxygens (including phenoxy) is 1. The molecule has 1 N–H and O–H groups in total. The summed E-state index contributed by atoms with van der Waals surface area (Å²) in [4.78, 5) is 27.5. The van der Waals surface area contributed by atoms with Crippen LogP contribution in [0.4, 0.5) is 0 Å².